The molecule has 0 saturated carbocycles. The Bertz CT molecular complexity index is 454. The number of carbonyl (C=O) groups is 1. The van der Waals surface area contributed by atoms with Crippen LogP contribution in [-0.4, -0.2) is 23.2 Å². The normalized spacial score (nSPS) is 18.2. The Morgan fingerprint density at radius 2 is 1.86 bits per heavy atom. The minimum absolute atomic E-state index is 0.178. The molecule has 1 amide bonds. The molecule has 0 atom stereocenters. The van der Waals surface area contributed by atoms with E-state index in [0.717, 1.165) is 49.4 Å². The summed E-state index contributed by atoms with van der Waals surface area (Å²) in [5, 5.41) is 0.178. The molecule has 0 bridgehead atoms. The van der Waals surface area contributed by atoms with Crippen LogP contribution in [0.4, 0.5) is 4.79 Å². The maximum absolute atomic E-state index is 12.2. The maximum Gasteiger partial charge on any atom is 0.286 e. The highest BCUT2D eigenvalue weighted by atomic mass is 32.2. The van der Waals surface area contributed by atoms with Crippen molar-refractivity contribution in [1.82, 2.24) is 4.90 Å². The summed E-state index contributed by atoms with van der Waals surface area (Å²) in [6.07, 6.45) is 10.4. The van der Waals surface area contributed by atoms with Crippen LogP contribution in [0.2, 0.25) is 0 Å². The molecule has 0 radical (unpaired) electrons. The largest absolute Gasteiger partial charge is 0.402 e. The molecule has 124 valence electrons. The molecule has 1 aliphatic heterocycles. The van der Waals surface area contributed by atoms with Crippen LogP contribution < -0.4 is 5.73 Å². The van der Waals surface area contributed by atoms with Crippen LogP contribution in [0.15, 0.2) is 34.4 Å². The number of thioether (sulfide) groups is 1. The summed E-state index contributed by atoms with van der Waals surface area (Å²) in [5.74, 6) is 0.447. The van der Waals surface area contributed by atoms with E-state index in [0.29, 0.717) is 5.92 Å². The quantitative estimate of drug-likeness (QED) is 0.772. The minimum atomic E-state index is 0.178. The highest BCUT2D eigenvalue weighted by Crippen LogP contribution is 2.29. The van der Waals surface area contributed by atoms with E-state index >= 15 is 0 Å². The Balaban J connectivity index is 0.00000116. The van der Waals surface area contributed by atoms with Gasteiger partial charge in [0.25, 0.3) is 5.24 Å². The number of carbonyl (C=O) groups excluding carboxylic acids is 1. The Labute approximate surface area is 139 Å². The number of hydrogen-bond acceptors (Lipinski definition) is 3. The van der Waals surface area contributed by atoms with Gasteiger partial charge >= 0.3 is 0 Å². The molecule has 4 heteroatoms. The molecule has 0 spiro atoms. The molecule has 2 N–H and O–H groups in total. The first kappa shape index (κ1) is 18.9. The lowest BCUT2D eigenvalue weighted by Gasteiger charge is -2.32. The van der Waals surface area contributed by atoms with Gasteiger partial charge in [-0.05, 0) is 51.3 Å². The van der Waals surface area contributed by atoms with Crippen LogP contribution in [0, 0.1) is 5.92 Å². The first-order valence-corrected chi connectivity index (χ1v) is 9.16. The standard InChI is InChI=1S/C16H24N2OS.C2H6/c1-12(2)15(17)13-8-10-18(11-9-13)16(19)20-14-6-4-3-5-7-14;1-2/h4,6-7,13H,3,5,8-11,17H2,1-2H3;1-2H3. The van der Waals surface area contributed by atoms with Crippen molar-refractivity contribution in [1.29, 1.82) is 0 Å². The molecule has 22 heavy (non-hydrogen) atoms. The molecule has 3 nitrogen and oxygen atoms in total. The Kier molecular flexibility index (Phi) is 8.39. The van der Waals surface area contributed by atoms with E-state index in [2.05, 4.69) is 32.1 Å². The molecular formula is C18H30N2OS. The van der Waals surface area contributed by atoms with Gasteiger partial charge in [0, 0.05) is 29.6 Å². The third-order valence-electron chi connectivity index (χ3n) is 3.94. The molecule has 1 aliphatic carbocycles. The summed E-state index contributed by atoms with van der Waals surface area (Å²) >= 11 is 1.36. The number of likely N-dealkylation sites (tertiary alicyclic amines) is 1. The maximum atomic E-state index is 12.2. The van der Waals surface area contributed by atoms with Crippen molar-refractivity contribution in [2.75, 3.05) is 13.1 Å². The molecule has 2 aliphatic rings. The molecule has 0 aromatic heterocycles. The Hall–Kier alpha value is -1.16. The number of allylic oxidation sites excluding steroid dienone is 5. The lowest BCUT2D eigenvalue weighted by atomic mass is 9.92. The molecular weight excluding hydrogens is 292 g/mol. The van der Waals surface area contributed by atoms with E-state index in [9.17, 15) is 4.79 Å². The van der Waals surface area contributed by atoms with Crippen molar-refractivity contribution in [2.24, 2.45) is 11.7 Å². The number of amides is 1. The third kappa shape index (κ3) is 5.56. The van der Waals surface area contributed by atoms with E-state index in [-0.39, 0.29) is 5.24 Å². The minimum Gasteiger partial charge on any atom is -0.402 e. The van der Waals surface area contributed by atoms with Gasteiger partial charge in [0.1, 0.15) is 0 Å². The topological polar surface area (TPSA) is 46.3 Å². The molecule has 1 heterocycles. The van der Waals surface area contributed by atoms with Crippen molar-refractivity contribution in [2.45, 2.75) is 53.4 Å². The van der Waals surface area contributed by atoms with E-state index in [1.165, 1.54) is 17.3 Å². The van der Waals surface area contributed by atoms with Gasteiger partial charge in [-0.25, -0.2) is 0 Å². The number of rotatable bonds is 2. The van der Waals surface area contributed by atoms with Gasteiger partial charge in [0.05, 0.1) is 0 Å². The third-order valence-corrected chi connectivity index (χ3v) is 4.91. The molecule has 1 saturated heterocycles. The SMILES string of the molecule is CC.CC(C)=C(N)C1CCN(C(=O)SC2=CCCC=C2)CC1. The molecule has 0 aromatic carbocycles. The fraction of sp³-hybridized carbons (Fsp3) is 0.611. The van der Waals surface area contributed by atoms with E-state index in [4.69, 9.17) is 5.73 Å². The van der Waals surface area contributed by atoms with Gasteiger partial charge in [-0.3, -0.25) is 4.79 Å². The van der Waals surface area contributed by atoms with Crippen LogP contribution >= 0.6 is 11.8 Å². The number of hydrogen-bond donors (Lipinski definition) is 1. The zero-order chi connectivity index (χ0) is 16.5. The first-order chi connectivity index (χ1) is 10.6. The van der Waals surface area contributed by atoms with Crippen molar-refractivity contribution >= 4 is 17.0 Å². The van der Waals surface area contributed by atoms with Gasteiger partial charge in [-0.15, -0.1) is 0 Å². The van der Waals surface area contributed by atoms with Gasteiger partial charge < -0.3 is 10.6 Å². The fourth-order valence-electron chi connectivity index (χ4n) is 2.61. The van der Waals surface area contributed by atoms with Crippen LogP contribution in [0.3, 0.4) is 0 Å². The van der Waals surface area contributed by atoms with Crippen LogP contribution in [0.25, 0.3) is 0 Å². The second-order valence-electron chi connectivity index (χ2n) is 5.67. The summed E-state index contributed by atoms with van der Waals surface area (Å²) in [6.45, 7) is 9.76. The lowest BCUT2D eigenvalue weighted by Crippen LogP contribution is -2.37. The molecule has 2 rings (SSSR count). The first-order valence-electron chi connectivity index (χ1n) is 8.34. The van der Waals surface area contributed by atoms with Crippen molar-refractivity contribution in [3.8, 4) is 0 Å². The van der Waals surface area contributed by atoms with Crippen molar-refractivity contribution in [3.63, 3.8) is 0 Å². The van der Waals surface area contributed by atoms with Gasteiger partial charge in [0.15, 0.2) is 0 Å². The number of piperidine rings is 1. The van der Waals surface area contributed by atoms with Crippen molar-refractivity contribution in [3.05, 3.63) is 34.4 Å². The van der Waals surface area contributed by atoms with Crippen molar-refractivity contribution < 1.29 is 4.79 Å². The summed E-state index contributed by atoms with van der Waals surface area (Å²) in [5.41, 5.74) is 8.34. The Morgan fingerprint density at radius 3 is 2.36 bits per heavy atom. The zero-order valence-corrected chi connectivity index (χ0v) is 15.2. The smallest absolute Gasteiger partial charge is 0.286 e. The molecule has 1 fully saturated rings. The summed E-state index contributed by atoms with van der Waals surface area (Å²) in [4.78, 5) is 15.3. The zero-order valence-electron chi connectivity index (χ0n) is 14.4. The van der Waals surface area contributed by atoms with E-state index < -0.39 is 0 Å². The second-order valence-corrected chi connectivity index (χ2v) is 6.70. The van der Waals surface area contributed by atoms with Crippen LogP contribution in [0.1, 0.15) is 53.4 Å². The monoisotopic (exact) mass is 322 g/mol. The molecule has 0 aromatic rings. The highest BCUT2D eigenvalue weighted by Gasteiger charge is 2.25. The average molecular weight is 323 g/mol. The summed E-state index contributed by atoms with van der Waals surface area (Å²) < 4.78 is 0. The van der Waals surface area contributed by atoms with Crippen LogP contribution in [0.5, 0.6) is 0 Å². The average Bonchev–Trinajstić information content (AvgIpc) is 2.57. The van der Waals surface area contributed by atoms with Gasteiger partial charge in [-0.2, -0.15) is 0 Å². The number of nitrogens with two attached hydrogens (primary N) is 1. The van der Waals surface area contributed by atoms with Crippen LogP contribution in [-0.2, 0) is 0 Å². The second kappa shape index (κ2) is 9.78. The van der Waals surface area contributed by atoms with E-state index in [1.54, 1.807) is 0 Å². The predicted octanol–water partition coefficient (Wildman–Crippen LogP) is 5.06. The van der Waals surface area contributed by atoms with Gasteiger partial charge in [0.2, 0.25) is 0 Å². The summed E-state index contributed by atoms with van der Waals surface area (Å²) in [7, 11) is 0. The lowest BCUT2D eigenvalue weighted by molar-refractivity contribution is 0.199. The predicted molar refractivity (Wildman–Crippen MR) is 97.7 cm³/mol. The number of nitrogens with zero attached hydrogens (tertiary/aromatic N) is 1. The highest BCUT2D eigenvalue weighted by molar-refractivity contribution is 8.17. The fourth-order valence-corrected chi connectivity index (χ4v) is 3.49. The van der Waals surface area contributed by atoms with Gasteiger partial charge in [-0.1, -0.05) is 37.6 Å². The molecule has 0 unspecified atom stereocenters. The summed E-state index contributed by atoms with van der Waals surface area (Å²) in [6, 6.07) is 0. The van der Waals surface area contributed by atoms with E-state index in [1.807, 2.05) is 18.7 Å². The Morgan fingerprint density at radius 1 is 1.23 bits per heavy atom.